The SMILES string of the molecule is O=C1CC[C@H](OCc2ccccc2)CO1. The van der Waals surface area contributed by atoms with E-state index in [0.29, 0.717) is 19.6 Å². The minimum Gasteiger partial charge on any atom is -0.463 e. The number of hydrogen-bond donors (Lipinski definition) is 0. The topological polar surface area (TPSA) is 35.5 Å². The fourth-order valence-corrected chi connectivity index (χ4v) is 1.54. The Morgan fingerprint density at radius 2 is 2.13 bits per heavy atom. The Balaban J connectivity index is 1.77. The van der Waals surface area contributed by atoms with Crippen molar-refractivity contribution in [1.82, 2.24) is 0 Å². The van der Waals surface area contributed by atoms with Crippen LogP contribution >= 0.6 is 0 Å². The molecular formula is C12H14O3. The van der Waals surface area contributed by atoms with E-state index in [1.807, 2.05) is 30.3 Å². The molecule has 0 N–H and O–H groups in total. The van der Waals surface area contributed by atoms with Crippen LogP contribution in [-0.4, -0.2) is 18.7 Å². The van der Waals surface area contributed by atoms with Crippen molar-refractivity contribution in [2.45, 2.75) is 25.6 Å². The van der Waals surface area contributed by atoms with Gasteiger partial charge >= 0.3 is 5.97 Å². The summed E-state index contributed by atoms with van der Waals surface area (Å²) in [6, 6.07) is 9.99. The maximum atomic E-state index is 10.8. The van der Waals surface area contributed by atoms with E-state index < -0.39 is 0 Å². The van der Waals surface area contributed by atoms with Crippen LogP contribution < -0.4 is 0 Å². The molecule has 0 radical (unpaired) electrons. The van der Waals surface area contributed by atoms with Gasteiger partial charge < -0.3 is 9.47 Å². The van der Waals surface area contributed by atoms with Crippen LogP contribution in [0.4, 0.5) is 0 Å². The molecule has 1 aliphatic heterocycles. The van der Waals surface area contributed by atoms with Gasteiger partial charge in [0.15, 0.2) is 0 Å². The zero-order valence-corrected chi connectivity index (χ0v) is 8.52. The number of benzene rings is 1. The van der Waals surface area contributed by atoms with Crippen molar-refractivity contribution in [2.24, 2.45) is 0 Å². The van der Waals surface area contributed by atoms with Crippen LogP contribution in [0.3, 0.4) is 0 Å². The molecule has 1 aromatic carbocycles. The third-order valence-electron chi connectivity index (χ3n) is 2.43. The molecule has 1 atom stereocenters. The molecular weight excluding hydrogens is 192 g/mol. The van der Waals surface area contributed by atoms with E-state index in [-0.39, 0.29) is 12.1 Å². The van der Waals surface area contributed by atoms with Gasteiger partial charge in [-0.3, -0.25) is 4.79 Å². The molecule has 1 aliphatic rings. The zero-order chi connectivity index (χ0) is 10.5. The third-order valence-corrected chi connectivity index (χ3v) is 2.43. The van der Waals surface area contributed by atoms with Crippen molar-refractivity contribution in [1.29, 1.82) is 0 Å². The molecule has 3 nitrogen and oxygen atoms in total. The Kier molecular flexibility index (Phi) is 3.35. The molecule has 1 aromatic rings. The van der Waals surface area contributed by atoms with Gasteiger partial charge in [0.05, 0.1) is 12.7 Å². The number of carbonyl (C=O) groups excluding carboxylic acids is 1. The van der Waals surface area contributed by atoms with Gasteiger partial charge in [0.25, 0.3) is 0 Å². The summed E-state index contributed by atoms with van der Waals surface area (Å²) < 4.78 is 10.6. The summed E-state index contributed by atoms with van der Waals surface area (Å²) in [6.45, 7) is 0.981. The predicted octanol–water partition coefficient (Wildman–Crippen LogP) is 1.91. The largest absolute Gasteiger partial charge is 0.463 e. The first-order chi connectivity index (χ1) is 7.34. The van der Waals surface area contributed by atoms with Crippen molar-refractivity contribution in [2.75, 3.05) is 6.61 Å². The summed E-state index contributed by atoms with van der Waals surface area (Å²) in [7, 11) is 0. The molecule has 0 spiro atoms. The number of hydrogen-bond acceptors (Lipinski definition) is 3. The van der Waals surface area contributed by atoms with Crippen molar-refractivity contribution < 1.29 is 14.3 Å². The second kappa shape index (κ2) is 4.94. The molecule has 80 valence electrons. The molecule has 1 fully saturated rings. The Morgan fingerprint density at radius 1 is 1.33 bits per heavy atom. The average molecular weight is 206 g/mol. The number of rotatable bonds is 3. The molecule has 1 heterocycles. The lowest BCUT2D eigenvalue weighted by Gasteiger charge is -2.21. The van der Waals surface area contributed by atoms with Gasteiger partial charge in [0.1, 0.15) is 6.61 Å². The second-order valence-corrected chi connectivity index (χ2v) is 3.64. The fourth-order valence-electron chi connectivity index (χ4n) is 1.54. The van der Waals surface area contributed by atoms with Gasteiger partial charge in [-0.15, -0.1) is 0 Å². The van der Waals surface area contributed by atoms with Gasteiger partial charge in [-0.1, -0.05) is 30.3 Å². The van der Waals surface area contributed by atoms with E-state index in [1.165, 1.54) is 0 Å². The van der Waals surface area contributed by atoms with Crippen molar-refractivity contribution in [3.05, 3.63) is 35.9 Å². The standard InChI is InChI=1S/C12H14O3/c13-12-7-6-11(9-15-12)14-8-10-4-2-1-3-5-10/h1-5,11H,6-9H2/t11-/m0/s1. The summed E-state index contributed by atoms with van der Waals surface area (Å²) in [5.41, 5.74) is 1.15. The number of cyclic esters (lactones) is 1. The second-order valence-electron chi connectivity index (χ2n) is 3.64. The Labute approximate surface area is 89.0 Å². The van der Waals surface area contributed by atoms with Gasteiger partial charge in [-0.2, -0.15) is 0 Å². The fraction of sp³-hybridized carbons (Fsp3) is 0.417. The molecule has 0 aromatic heterocycles. The lowest BCUT2D eigenvalue weighted by molar-refractivity contribution is -0.155. The van der Waals surface area contributed by atoms with Crippen LogP contribution in [0, 0.1) is 0 Å². The molecule has 3 heteroatoms. The molecule has 0 amide bonds. The maximum absolute atomic E-state index is 10.8. The summed E-state index contributed by atoms with van der Waals surface area (Å²) in [5, 5.41) is 0. The van der Waals surface area contributed by atoms with Gasteiger partial charge in [0, 0.05) is 6.42 Å². The van der Waals surface area contributed by atoms with Crippen LogP contribution in [0.5, 0.6) is 0 Å². The summed E-state index contributed by atoms with van der Waals surface area (Å²) in [4.78, 5) is 10.8. The minimum absolute atomic E-state index is 0.0582. The summed E-state index contributed by atoms with van der Waals surface area (Å²) in [5.74, 6) is -0.116. The highest BCUT2D eigenvalue weighted by molar-refractivity contribution is 5.70. The lowest BCUT2D eigenvalue weighted by Crippen LogP contribution is -2.28. The smallest absolute Gasteiger partial charge is 0.305 e. The third kappa shape index (κ3) is 3.06. The molecule has 0 saturated carbocycles. The zero-order valence-electron chi connectivity index (χ0n) is 8.52. The van der Waals surface area contributed by atoms with E-state index in [2.05, 4.69) is 0 Å². The van der Waals surface area contributed by atoms with Crippen LogP contribution in [0.2, 0.25) is 0 Å². The van der Waals surface area contributed by atoms with E-state index in [0.717, 1.165) is 12.0 Å². The molecule has 0 unspecified atom stereocenters. The first-order valence-electron chi connectivity index (χ1n) is 5.16. The first-order valence-corrected chi connectivity index (χ1v) is 5.16. The van der Waals surface area contributed by atoms with Gasteiger partial charge in [-0.25, -0.2) is 0 Å². The first kappa shape index (κ1) is 10.2. The van der Waals surface area contributed by atoms with Gasteiger partial charge in [0.2, 0.25) is 0 Å². The van der Waals surface area contributed by atoms with Crippen molar-refractivity contribution in [3.63, 3.8) is 0 Å². The highest BCUT2D eigenvalue weighted by Gasteiger charge is 2.19. The van der Waals surface area contributed by atoms with Crippen LogP contribution in [0.25, 0.3) is 0 Å². The highest BCUT2D eigenvalue weighted by Crippen LogP contribution is 2.13. The Bertz CT molecular complexity index is 311. The van der Waals surface area contributed by atoms with Crippen LogP contribution in [-0.2, 0) is 20.9 Å². The molecule has 0 aliphatic carbocycles. The van der Waals surface area contributed by atoms with Gasteiger partial charge in [-0.05, 0) is 12.0 Å². The van der Waals surface area contributed by atoms with Crippen molar-refractivity contribution >= 4 is 5.97 Å². The lowest BCUT2D eigenvalue weighted by atomic mass is 10.1. The number of esters is 1. The summed E-state index contributed by atoms with van der Waals surface area (Å²) in [6.07, 6.45) is 1.30. The molecule has 1 saturated heterocycles. The average Bonchev–Trinajstić information content (AvgIpc) is 2.30. The van der Waals surface area contributed by atoms with E-state index in [4.69, 9.17) is 9.47 Å². The van der Waals surface area contributed by atoms with E-state index in [1.54, 1.807) is 0 Å². The van der Waals surface area contributed by atoms with Crippen LogP contribution in [0.1, 0.15) is 18.4 Å². The summed E-state index contributed by atoms with van der Waals surface area (Å²) >= 11 is 0. The number of ether oxygens (including phenoxy) is 2. The molecule has 0 bridgehead atoms. The normalized spacial score (nSPS) is 21.1. The molecule has 15 heavy (non-hydrogen) atoms. The van der Waals surface area contributed by atoms with Crippen molar-refractivity contribution in [3.8, 4) is 0 Å². The van der Waals surface area contributed by atoms with Crippen LogP contribution in [0.15, 0.2) is 30.3 Å². The quantitative estimate of drug-likeness (QED) is 0.709. The Morgan fingerprint density at radius 3 is 2.80 bits per heavy atom. The van der Waals surface area contributed by atoms with E-state index in [9.17, 15) is 4.79 Å². The monoisotopic (exact) mass is 206 g/mol. The maximum Gasteiger partial charge on any atom is 0.305 e. The predicted molar refractivity (Wildman–Crippen MR) is 55.2 cm³/mol. The Hall–Kier alpha value is -1.35. The molecule has 2 rings (SSSR count). The number of carbonyl (C=O) groups is 1. The minimum atomic E-state index is -0.116. The highest BCUT2D eigenvalue weighted by atomic mass is 16.6. The van der Waals surface area contributed by atoms with E-state index >= 15 is 0 Å².